The molecule has 2 N–H and O–H groups in total. The number of aryl methyl sites for hydroxylation is 1. The number of pyridine rings is 1. The third-order valence-electron chi connectivity index (χ3n) is 4.41. The quantitative estimate of drug-likeness (QED) is 0.455. The Morgan fingerprint density at radius 1 is 1.03 bits per heavy atom. The van der Waals surface area contributed by atoms with Crippen molar-refractivity contribution in [2.45, 2.75) is 19.7 Å². The van der Waals surface area contributed by atoms with Crippen LogP contribution < -0.4 is 15.4 Å². The number of hydrogen-bond donors (Lipinski definition) is 2. The van der Waals surface area contributed by atoms with Gasteiger partial charge in [0, 0.05) is 24.5 Å². The highest BCUT2D eigenvalue weighted by Crippen LogP contribution is 2.29. The van der Waals surface area contributed by atoms with Crippen molar-refractivity contribution in [3.05, 3.63) is 54.2 Å². The van der Waals surface area contributed by atoms with Gasteiger partial charge in [0.2, 0.25) is 5.95 Å². The van der Waals surface area contributed by atoms with Gasteiger partial charge in [-0.25, -0.2) is 4.98 Å². The van der Waals surface area contributed by atoms with Crippen molar-refractivity contribution < 1.29 is 17.9 Å². The van der Waals surface area contributed by atoms with Gasteiger partial charge in [0.15, 0.2) is 0 Å². The van der Waals surface area contributed by atoms with E-state index < -0.39 is 6.36 Å². The molecule has 3 rings (SSSR count). The molecule has 10 heteroatoms. The van der Waals surface area contributed by atoms with Crippen LogP contribution in [0.5, 0.6) is 5.75 Å². The molecule has 32 heavy (non-hydrogen) atoms. The summed E-state index contributed by atoms with van der Waals surface area (Å²) in [5, 5.41) is 6.38. The van der Waals surface area contributed by atoms with Crippen molar-refractivity contribution >= 4 is 17.5 Å². The van der Waals surface area contributed by atoms with E-state index in [1.54, 1.807) is 19.2 Å². The second kappa shape index (κ2) is 10.3. The van der Waals surface area contributed by atoms with Gasteiger partial charge < -0.3 is 20.3 Å². The first-order valence-electron chi connectivity index (χ1n) is 10.0. The molecule has 0 aliphatic heterocycles. The highest BCUT2D eigenvalue weighted by atomic mass is 19.4. The van der Waals surface area contributed by atoms with Crippen LogP contribution in [0.4, 0.5) is 30.6 Å². The number of alkyl halides is 3. The van der Waals surface area contributed by atoms with Gasteiger partial charge in [0.1, 0.15) is 11.6 Å². The van der Waals surface area contributed by atoms with Gasteiger partial charge in [-0.05, 0) is 69.9 Å². The molecule has 0 fully saturated rings. The summed E-state index contributed by atoms with van der Waals surface area (Å²) in [6.07, 6.45) is -2.15. The lowest BCUT2D eigenvalue weighted by atomic mass is 10.2. The van der Waals surface area contributed by atoms with E-state index in [2.05, 4.69) is 35.2 Å². The fraction of sp³-hybridized carbons (Fsp3) is 0.318. The largest absolute Gasteiger partial charge is 0.573 e. The Hall–Kier alpha value is -3.40. The second-order valence-corrected chi connectivity index (χ2v) is 7.41. The van der Waals surface area contributed by atoms with Gasteiger partial charge in [-0.2, -0.15) is 4.98 Å². The van der Waals surface area contributed by atoms with Crippen molar-refractivity contribution in [2.75, 3.05) is 37.8 Å². The summed E-state index contributed by atoms with van der Waals surface area (Å²) in [4.78, 5) is 15.5. The number of nitrogens with one attached hydrogen (secondary N) is 2. The number of aromatic nitrogens is 3. The molecule has 0 spiro atoms. The summed E-state index contributed by atoms with van der Waals surface area (Å²) in [7, 11) is 4.02. The number of rotatable bonds is 9. The first kappa shape index (κ1) is 23.3. The minimum absolute atomic E-state index is 0.277. The highest BCUT2D eigenvalue weighted by Gasteiger charge is 2.31. The van der Waals surface area contributed by atoms with Crippen LogP contribution in [0, 0.1) is 6.92 Å². The molecule has 7 nitrogen and oxygen atoms in total. The molecule has 0 atom stereocenters. The van der Waals surface area contributed by atoms with Crippen LogP contribution in [-0.4, -0.2) is 53.4 Å². The Kier molecular flexibility index (Phi) is 7.47. The predicted octanol–water partition coefficient (Wildman–Crippen LogP) is 4.85. The Morgan fingerprint density at radius 3 is 2.50 bits per heavy atom. The van der Waals surface area contributed by atoms with Crippen LogP contribution in [0.25, 0.3) is 11.4 Å². The molecule has 0 saturated heterocycles. The third kappa shape index (κ3) is 7.09. The number of anilines is 3. The van der Waals surface area contributed by atoms with Crippen LogP contribution in [0.15, 0.2) is 48.7 Å². The SMILES string of the molecule is Cc1cc(OC(F)(F)F)ccc1Nc1cc(-c2ccccn2)nc(NCCCN(C)C)n1. The molecule has 3 aromatic rings. The second-order valence-electron chi connectivity index (χ2n) is 7.41. The molecule has 0 amide bonds. The van der Waals surface area contributed by atoms with Crippen molar-refractivity contribution in [3.8, 4) is 17.1 Å². The monoisotopic (exact) mass is 446 g/mol. The zero-order valence-corrected chi connectivity index (χ0v) is 18.1. The topological polar surface area (TPSA) is 75.2 Å². The lowest BCUT2D eigenvalue weighted by Gasteiger charge is -2.15. The maximum absolute atomic E-state index is 12.5. The van der Waals surface area contributed by atoms with Gasteiger partial charge in [-0.3, -0.25) is 4.98 Å². The van der Waals surface area contributed by atoms with E-state index >= 15 is 0 Å². The lowest BCUT2D eigenvalue weighted by molar-refractivity contribution is -0.274. The first-order chi connectivity index (χ1) is 15.2. The van der Waals surface area contributed by atoms with Crippen molar-refractivity contribution in [1.82, 2.24) is 19.9 Å². The van der Waals surface area contributed by atoms with Crippen LogP contribution in [-0.2, 0) is 0 Å². The summed E-state index contributed by atoms with van der Waals surface area (Å²) < 4.78 is 41.4. The molecule has 0 bridgehead atoms. The predicted molar refractivity (Wildman–Crippen MR) is 118 cm³/mol. The number of hydrogen-bond acceptors (Lipinski definition) is 7. The molecular weight excluding hydrogens is 421 g/mol. The molecule has 2 heterocycles. The molecular formula is C22H25F3N6O. The van der Waals surface area contributed by atoms with E-state index in [4.69, 9.17) is 0 Å². The van der Waals surface area contributed by atoms with Gasteiger partial charge in [-0.1, -0.05) is 6.07 Å². The maximum Gasteiger partial charge on any atom is 0.573 e. The molecule has 170 valence electrons. The minimum Gasteiger partial charge on any atom is -0.406 e. The first-order valence-corrected chi connectivity index (χ1v) is 10.0. The lowest BCUT2D eigenvalue weighted by Crippen LogP contribution is -2.17. The van der Waals surface area contributed by atoms with Gasteiger partial charge in [-0.15, -0.1) is 13.2 Å². The Labute approximate surface area is 184 Å². The fourth-order valence-corrected chi connectivity index (χ4v) is 2.94. The Morgan fingerprint density at radius 2 is 1.84 bits per heavy atom. The van der Waals surface area contributed by atoms with E-state index in [1.807, 2.05) is 32.3 Å². The van der Waals surface area contributed by atoms with Crippen LogP contribution in [0.3, 0.4) is 0 Å². The third-order valence-corrected chi connectivity index (χ3v) is 4.41. The van der Waals surface area contributed by atoms with E-state index in [-0.39, 0.29) is 5.75 Å². The van der Waals surface area contributed by atoms with E-state index in [1.165, 1.54) is 18.2 Å². The average molecular weight is 446 g/mol. The highest BCUT2D eigenvalue weighted by molar-refractivity contribution is 5.67. The summed E-state index contributed by atoms with van der Waals surface area (Å²) in [6, 6.07) is 11.4. The number of halogens is 3. The van der Waals surface area contributed by atoms with Gasteiger partial charge in [0.05, 0.1) is 11.4 Å². The summed E-state index contributed by atoms with van der Waals surface area (Å²) in [5.41, 5.74) is 2.47. The Balaban J connectivity index is 1.84. The van der Waals surface area contributed by atoms with Crippen LogP contribution in [0.2, 0.25) is 0 Å². The van der Waals surface area contributed by atoms with E-state index in [9.17, 15) is 13.2 Å². The molecule has 1 aromatic carbocycles. The Bertz CT molecular complexity index is 1030. The van der Waals surface area contributed by atoms with Gasteiger partial charge >= 0.3 is 6.36 Å². The minimum atomic E-state index is -4.74. The van der Waals surface area contributed by atoms with Crippen molar-refractivity contribution in [3.63, 3.8) is 0 Å². The zero-order valence-electron chi connectivity index (χ0n) is 18.1. The summed E-state index contributed by atoms with van der Waals surface area (Å²) in [5.74, 6) is 0.646. The zero-order chi connectivity index (χ0) is 23.1. The number of ether oxygens (including phenoxy) is 1. The number of benzene rings is 1. The van der Waals surface area contributed by atoms with E-state index in [0.29, 0.717) is 40.9 Å². The average Bonchev–Trinajstić information content (AvgIpc) is 2.72. The van der Waals surface area contributed by atoms with Crippen molar-refractivity contribution in [1.29, 1.82) is 0 Å². The van der Waals surface area contributed by atoms with E-state index in [0.717, 1.165) is 13.0 Å². The smallest absolute Gasteiger partial charge is 0.406 e. The molecule has 0 saturated carbocycles. The summed E-state index contributed by atoms with van der Waals surface area (Å²) >= 11 is 0. The molecule has 0 unspecified atom stereocenters. The summed E-state index contributed by atoms with van der Waals surface area (Å²) in [6.45, 7) is 3.29. The maximum atomic E-state index is 12.5. The standard InChI is InChI=1S/C22H25F3N6O/c1-15-13-16(32-22(23,24)25)8-9-17(15)28-20-14-19(18-7-4-5-10-26-18)29-21(30-20)27-11-6-12-31(2)3/h4-5,7-10,13-14H,6,11-12H2,1-3H3,(H2,27,28,29,30). The molecule has 2 aromatic heterocycles. The number of nitrogens with zero attached hydrogens (tertiary/aromatic N) is 4. The molecule has 0 aliphatic carbocycles. The van der Waals surface area contributed by atoms with Crippen LogP contribution >= 0.6 is 0 Å². The molecule has 0 aliphatic rings. The normalized spacial score (nSPS) is 11.5. The van der Waals surface area contributed by atoms with Gasteiger partial charge in [0.25, 0.3) is 0 Å². The van der Waals surface area contributed by atoms with Crippen molar-refractivity contribution in [2.24, 2.45) is 0 Å². The van der Waals surface area contributed by atoms with Crippen LogP contribution in [0.1, 0.15) is 12.0 Å². The fourth-order valence-electron chi connectivity index (χ4n) is 2.94. The molecule has 0 radical (unpaired) electrons.